The van der Waals surface area contributed by atoms with Crippen LogP contribution in [-0.4, -0.2) is 29.4 Å². The summed E-state index contributed by atoms with van der Waals surface area (Å²) < 4.78 is 0. The Morgan fingerprint density at radius 2 is 1.83 bits per heavy atom. The van der Waals surface area contributed by atoms with Gasteiger partial charge < -0.3 is 16.4 Å². The van der Waals surface area contributed by atoms with Gasteiger partial charge in [0.1, 0.15) is 5.01 Å². The topological polar surface area (TPSA) is 97.1 Å². The zero-order chi connectivity index (χ0) is 16.0. The molecule has 6 nitrogen and oxygen atoms in total. The Morgan fingerprint density at radius 3 is 2.30 bits per heavy atom. The highest BCUT2D eigenvalue weighted by Gasteiger charge is 2.17. The third kappa shape index (κ3) is 8.50. The lowest BCUT2D eigenvalue weighted by Gasteiger charge is -2.14. The Labute approximate surface area is 153 Å². The summed E-state index contributed by atoms with van der Waals surface area (Å²) in [6.07, 6.45) is 0. The van der Waals surface area contributed by atoms with E-state index < -0.39 is 6.04 Å². The second-order valence-corrected chi connectivity index (χ2v) is 6.53. The minimum absolute atomic E-state index is 0. The molecule has 0 saturated heterocycles. The van der Waals surface area contributed by atoms with E-state index in [-0.39, 0.29) is 49.1 Å². The normalized spacial score (nSPS) is 11.4. The number of thiazole rings is 1. The molecule has 1 rings (SSSR count). The maximum atomic E-state index is 11.7. The van der Waals surface area contributed by atoms with Crippen LogP contribution in [0.5, 0.6) is 0 Å². The van der Waals surface area contributed by atoms with Crippen molar-refractivity contribution in [3.05, 3.63) is 16.1 Å². The summed E-state index contributed by atoms with van der Waals surface area (Å²) >= 11 is 1.52. The highest BCUT2D eigenvalue weighted by molar-refractivity contribution is 7.09. The fourth-order valence-electron chi connectivity index (χ4n) is 1.50. The summed E-state index contributed by atoms with van der Waals surface area (Å²) in [7, 11) is 0. The molecule has 0 aliphatic rings. The highest BCUT2D eigenvalue weighted by atomic mass is 35.5. The molecule has 0 bridgehead atoms. The highest BCUT2D eigenvalue weighted by Crippen LogP contribution is 2.17. The predicted octanol–water partition coefficient (Wildman–Crippen LogP) is 1.83. The summed E-state index contributed by atoms with van der Waals surface area (Å²) in [5, 5.41) is 8.11. The molecule has 0 radical (unpaired) electrons. The molecule has 134 valence electrons. The van der Waals surface area contributed by atoms with Gasteiger partial charge in [-0.05, 0) is 11.8 Å². The SMILES string of the molecule is CC(C)c1csc(CNC(=O)CNC(=O)[C@@H](N)C(C)C)n1.Cl.Cl. The van der Waals surface area contributed by atoms with Gasteiger partial charge in [0, 0.05) is 5.38 Å². The van der Waals surface area contributed by atoms with Crippen LogP contribution in [0.1, 0.15) is 44.3 Å². The molecule has 2 amide bonds. The van der Waals surface area contributed by atoms with Gasteiger partial charge in [-0.2, -0.15) is 0 Å². The Hall–Kier alpha value is -0.890. The summed E-state index contributed by atoms with van der Waals surface area (Å²) in [5.41, 5.74) is 6.72. The van der Waals surface area contributed by atoms with Gasteiger partial charge in [0.25, 0.3) is 0 Å². The third-order valence-corrected chi connectivity index (χ3v) is 3.91. The average molecular weight is 385 g/mol. The number of aromatic nitrogens is 1. The molecular formula is C14H26Cl2N4O2S. The van der Waals surface area contributed by atoms with Crippen molar-refractivity contribution in [3.8, 4) is 0 Å². The van der Waals surface area contributed by atoms with Crippen LogP contribution < -0.4 is 16.4 Å². The van der Waals surface area contributed by atoms with E-state index in [1.807, 2.05) is 19.2 Å². The molecule has 4 N–H and O–H groups in total. The molecule has 1 heterocycles. The number of amides is 2. The predicted molar refractivity (Wildman–Crippen MR) is 98.4 cm³/mol. The van der Waals surface area contributed by atoms with Crippen LogP contribution in [0.3, 0.4) is 0 Å². The molecule has 1 aromatic heterocycles. The number of hydrogen-bond donors (Lipinski definition) is 3. The van der Waals surface area contributed by atoms with Gasteiger partial charge in [-0.1, -0.05) is 27.7 Å². The second kappa shape index (κ2) is 11.6. The van der Waals surface area contributed by atoms with Gasteiger partial charge in [0.15, 0.2) is 0 Å². The Kier molecular flexibility index (Phi) is 12.3. The number of nitrogens with zero attached hydrogens (tertiary/aromatic N) is 1. The average Bonchev–Trinajstić information content (AvgIpc) is 2.90. The number of nitrogens with one attached hydrogen (secondary N) is 2. The van der Waals surface area contributed by atoms with Gasteiger partial charge in [0.2, 0.25) is 11.8 Å². The standard InChI is InChI=1S/C14H24N4O2S.2ClH/c1-8(2)10-7-21-12(18-10)6-16-11(19)5-17-14(20)13(15)9(3)4;;/h7-9,13H,5-6,15H2,1-4H3,(H,16,19)(H,17,20);2*1H/t13-;;/m0../s1. The van der Waals surface area contributed by atoms with E-state index in [2.05, 4.69) is 29.5 Å². The van der Waals surface area contributed by atoms with Gasteiger partial charge in [-0.15, -0.1) is 36.2 Å². The van der Waals surface area contributed by atoms with Crippen molar-refractivity contribution in [2.75, 3.05) is 6.54 Å². The summed E-state index contributed by atoms with van der Waals surface area (Å²) in [6, 6.07) is -0.592. The first-order valence-electron chi connectivity index (χ1n) is 7.05. The number of nitrogens with two attached hydrogens (primary N) is 1. The largest absolute Gasteiger partial charge is 0.348 e. The molecule has 0 spiro atoms. The molecule has 0 fully saturated rings. The molecule has 1 atom stereocenters. The monoisotopic (exact) mass is 384 g/mol. The summed E-state index contributed by atoms with van der Waals surface area (Å²) in [5.74, 6) is -0.141. The van der Waals surface area contributed by atoms with E-state index in [0.29, 0.717) is 12.5 Å². The lowest BCUT2D eigenvalue weighted by atomic mass is 10.1. The molecule has 1 aromatic rings. The van der Waals surface area contributed by atoms with Crippen molar-refractivity contribution in [2.24, 2.45) is 11.7 Å². The first kappa shape index (κ1) is 24.4. The lowest BCUT2D eigenvalue weighted by molar-refractivity contribution is -0.127. The second-order valence-electron chi connectivity index (χ2n) is 5.59. The maximum Gasteiger partial charge on any atom is 0.239 e. The van der Waals surface area contributed by atoms with Gasteiger partial charge in [0.05, 0.1) is 24.8 Å². The first-order valence-corrected chi connectivity index (χ1v) is 7.93. The molecule has 9 heteroatoms. The van der Waals surface area contributed by atoms with E-state index in [0.717, 1.165) is 10.7 Å². The number of rotatable bonds is 7. The van der Waals surface area contributed by atoms with Gasteiger partial charge in [-0.3, -0.25) is 9.59 Å². The molecule has 0 aliphatic carbocycles. The number of carbonyl (C=O) groups excluding carboxylic acids is 2. The lowest BCUT2D eigenvalue weighted by Crippen LogP contribution is -2.47. The fourth-order valence-corrected chi connectivity index (χ4v) is 2.39. The van der Waals surface area contributed by atoms with Crippen molar-refractivity contribution < 1.29 is 9.59 Å². The molecule has 23 heavy (non-hydrogen) atoms. The van der Waals surface area contributed by atoms with Crippen LogP contribution >= 0.6 is 36.2 Å². The maximum absolute atomic E-state index is 11.7. The van der Waals surface area contributed by atoms with E-state index in [1.165, 1.54) is 11.3 Å². The van der Waals surface area contributed by atoms with E-state index in [4.69, 9.17) is 5.73 Å². The molecule has 0 aromatic carbocycles. The van der Waals surface area contributed by atoms with E-state index in [1.54, 1.807) is 0 Å². The number of hydrogen-bond acceptors (Lipinski definition) is 5. The van der Waals surface area contributed by atoms with Crippen LogP contribution in [-0.2, 0) is 16.1 Å². The zero-order valence-corrected chi connectivity index (χ0v) is 16.2. The van der Waals surface area contributed by atoms with E-state index in [9.17, 15) is 9.59 Å². The minimum atomic E-state index is -0.592. The smallest absolute Gasteiger partial charge is 0.239 e. The molecule has 0 aliphatic heterocycles. The molecule has 0 saturated carbocycles. The van der Waals surface area contributed by atoms with Crippen molar-refractivity contribution in [1.29, 1.82) is 0 Å². The molecular weight excluding hydrogens is 359 g/mol. The van der Waals surface area contributed by atoms with Crippen molar-refractivity contribution >= 4 is 48.0 Å². The fraction of sp³-hybridized carbons (Fsp3) is 0.643. The Balaban J connectivity index is 0. The van der Waals surface area contributed by atoms with Gasteiger partial charge >= 0.3 is 0 Å². The van der Waals surface area contributed by atoms with Crippen molar-refractivity contribution in [3.63, 3.8) is 0 Å². The third-order valence-electron chi connectivity index (χ3n) is 3.04. The quantitative estimate of drug-likeness (QED) is 0.667. The zero-order valence-electron chi connectivity index (χ0n) is 13.8. The molecule has 0 unspecified atom stereocenters. The van der Waals surface area contributed by atoms with E-state index >= 15 is 0 Å². The minimum Gasteiger partial charge on any atom is -0.348 e. The van der Waals surface area contributed by atoms with Crippen LogP contribution in [0.2, 0.25) is 0 Å². The Morgan fingerprint density at radius 1 is 1.22 bits per heavy atom. The summed E-state index contributed by atoms with van der Waals surface area (Å²) in [4.78, 5) is 27.7. The Bertz CT molecular complexity index is 495. The van der Waals surface area contributed by atoms with Crippen LogP contribution in [0.4, 0.5) is 0 Å². The van der Waals surface area contributed by atoms with Gasteiger partial charge in [-0.25, -0.2) is 4.98 Å². The van der Waals surface area contributed by atoms with Crippen LogP contribution in [0.15, 0.2) is 5.38 Å². The number of carbonyl (C=O) groups is 2. The van der Waals surface area contributed by atoms with Crippen LogP contribution in [0.25, 0.3) is 0 Å². The van der Waals surface area contributed by atoms with Crippen molar-refractivity contribution in [2.45, 2.75) is 46.2 Å². The summed E-state index contributed by atoms with van der Waals surface area (Å²) in [6.45, 7) is 8.18. The van der Waals surface area contributed by atoms with Crippen LogP contribution in [0, 0.1) is 5.92 Å². The first-order chi connectivity index (χ1) is 9.81. The number of halogens is 2. The van der Waals surface area contributed by atoms with Crippen molar-refractivity contribution in [1.82, 2.24) is 15.6 Å².